The summed E-state index contributed by atoms with van der Waals surface area (Å²) in [7, 11) is 0. The normalized spacial score (nSPS) is 9.95. The fourth-order valence-electron chi connectivity index (χ4n) is 1.87. The quantitative estimate of drug-likeness (QED) is 0.679. The number of hydrogen-bond acceptors (Lipinski definition) is 2. The molecular weight excluding hydrogens is 264 g/mol. The lowest BCUT2D eigenvalue weighted by Gasteiger charge is -2.07. The maximum Gasteiger partial charge on any atom is 0.104 e. The van der Waals surface area contributed by atoms with Crippen LogP contribution in [-0.4, -0.2) is 11.7 Å². The van der Waals surface area contributed by atoms with Crippen LogP contribution in [0.25, 0.3) is 0 Å². The fourth-order valence-corrected chi connectivity index (χ4v) is 2.87. The van der Waals surface area contributed by atoms with Crippen molar-refractivity contribution in [3.63, 3.8) is 0 Å². The van der Waals surface area contributed by atoms with Gasteiger partial charge in [0, 0.05) is 16.2 Å². The number of aliphatic hydroxyl groups excluding tert-OH is 1. The first kappa shape index (κ1) is 14.7. The summed E-state index contributed by atoms with van der Waals surface area (Å²) in [4.78, 5) is 1.28. The molecule has 1 N–H and O–H groups in total. The van der Waals surface area contributed by atoms with Crippen LogP contribution in [0.5, 0.6) is 0 Å². The van der Waals surface area contributed by atoms with Gasteiger partial charge in [-0.15, -0.1) is 11.8 Å². The summed E-state index contributed by atoms with van der Waals surface area (Å²) in [5, 5.41) is 8.80. The van der Waals surface area contributed by atoms with Crippen LogP contribution in [0.2, 0.25) is 0 Å². The molecule has 0 atom stereocenters. The third-order valence-electron chi connectivity index (χ3n) is 3.19. The maximum absolute atomic E-state index is 8.80. The first-order valence-electron chi connectivity index (χ1n) is 6.58. The summed E-state index contributed by atoms with van der Waals surface area (Å²) in [5.41, 5.74) is 4.85. The number of aliphatic hydroxyl groups is 1. The van der Waals surface area contributed by atoms with Gasteiger partial charge in [0.2, 0.25) is 0 Å². The zero-order valence-electron chi connectivity index (χ0n) is 11.8. The fraction of sp³-hybridized carbons (Fsp3) is 0.222. The Morgan fingerprint density at radius 3 is 2.60 bits per heavy atom. The summed E-state index contributed by atoms with van der Waals surface area (Å²) in [6.45, 7) is 4.17. The minimum absolute atomic E-state index is 0.0986. The van der Waals surface area contributed by atoms with Gasteiger partial charge in [-0.05, 0) is 48.7 Å². The average Bonchev–Trinajstić information content (AvgIpc) is 2.47. The Labute approximate surface area is 125 Å². The van der Waals surface area contributed by atoms with Crippen molar-refractivity contribution in [2.24, 2.45) is 0 Å². The Bertz CT molecular complexity index is 650. The van der Waals surface area contributed by atoms with Crippen molar-refractivity contribution in [1.29, 1.82) is 0 Å². The molecule has 0 unspecified atom stereocenters. The minimum atomic E-state index is -0.0986. The number of rotatable bonds is 3. The van der Waals surface area contributed by atoms with E-state index < -0.39 is 0 Å². The van der Waals surface area contributed by atoms with Gasteiger partial charge in [0.25, 0.3) is 0 Å². The third kappa shape index (κ3) is 3.90. The zero-order valence-corrected chi connectivity index (χ0v) is 12.6. The molecule has 0 fully saturated rings. The van der Waals surface area contributed by atoms with E-state index in [4.69, 9.17) is 5.11 Å². The van der Waals surface area contributed by atoms with Crippen LogP contribution < -0.4 is 0 Å². The standard InChI is InChI=1S/C18H18OS/c1-14-9-10-18(12-15(14)2)20-13-17-7-4-3-6-16(17)8-5-11-19/h3-4,6-7,9-10,12,19H,11,13H2,1-2H3. The zero-order chi connectivity index (χ0) is 14.4. The van der Waals surface area contributed by atoms with Crippen LogP contribution in [0.4, 0.5) is 0 Å². The molecule has 0 aliphatic heterocycles. The Morgan fingerprint density at radius 1 is 1.05 bits per heavy atom. The Balaban J connectivity index is 2.12. The topological polar surface area (TPSA) is 20.2 Å². The summed E-state index contributed by atoms with van der Waals surface area (Å²) >= 11 is 1.81. The molecule has 0 aromatic heterocycles. The van der Waals surface area contributed by atoms with Gasteiger partial charge in [-0.25, -0.2) is 0 Å². The highest BCUT2D eigenvalue weighted by Gasteiger charge is 2.02. The average molecular weight is 282 g/mol. The molecule has 0 spiro atoms. The van der Waals surface area contributed by atoms with Crippen LogP contribution in [0.3, 0.4) is 0 Å². The number of hydrogen-bond donors (Lipinski definition) is 1. The van der Waals surface area contributed by atoms with Crippen molar-refractivity contribution in [2.75, 3.05) is 6.61 Å². The van der Waals surface area contributed by atoms with E-state index in [2.05, 4.69) is 50.0 Å². The van der Waals surface area contributed by atoms with Crippen molar-refractivity contribution < 1.29 is 5.11 Å². The van der Waals surface area contributed by atoms with E-state index in [0.717, 1.165) is 11.3 Å². The smallest absolute Gasteiger partial charge is 0.104 e. The molecule has 1 nitrogen and oxygen atoms in total. The molecule has 0 bridgehead atoms. The molecule has 2 rings (SSSR count). The monoisotopic (exact) mass is 282 g/mol. The van der Waals surface area contributed by atoms with Gasteiger partial charge in [0.1, 0.15) is 6.61 Å². The highest BCUT2D eigenvalue weighted by molar-refractivity contribution is 7.98. The van der Waals surface area contributed by atoms with Crippen molar-refractivity contribution >= 4 is 11.8 Å². The number of benzene rings is 2. The van der Waals surface area contributed by atoms with E-state index in [1.54, 1.807) is 0 Å². The lowest BCUT2D eigenvalue weighted by molar-refractivity contribution is 0.350. The van der Waals surface area contributed by atoms with Crippen LogP contribution >= 0.6 is 11.8 Å². The van der Waals surface area contributed by atoms with E-state index in [1.807, 2.05) is 30.0 Å². The Kier molecular flexibility index (Phi) is 5.29. The molecule has 2 aromatic carbocycles. The summed E-state index contributed by atoms with van der Waals surface area (Å²) < 4.78 is 0. The van der Waals surface area contributed by atoms with Gasteiger partial charge in [0.05, 0.1) is 0 Å². The maximum atomic E-state index is 8.80. The van der Waals surface area contributed by atoms with E-state index >= 15 is 0 Å². The first-order valence-corrected chi connectivity index (χ1v) is 7.57. The van der Waals surface area contributed by atoms with E-state index in [9.17, 15) is 0 Å². The van der Waals surface area contributed by atoms with E-state index in [0.29, 0.717) is 0 Å². The van der Waals surface area contributed by atoms with Crippen LogP contribution in [0.1, 0.15) is 22.3 Å². The summed E-state index contributed by atoms with van der Waals surface area (Å²) in [6.07, 6.45) is 0. The predicted octanol–water partition coefficient (Wildman–Crippen LogP) is 3.94. The Hall–Kier alpha value is -1.69. The molecule has 0 saturated carbocycles. The molecule has 0 aliphatic rings. The lowest BCUT2D eigenvalue weighted by atomic mass is 10.1. The van der Waals surface area contributed by atoms with E-state index in [1.165, 1.54) is 21.6 Å². The molecule has 0 saturated heterocycles. The van der Waals surface area contributed by atoms with Gasteiger partial charge in [0.15, 0.2) is 0 Å². The molecule has 0 radical (unpaired) electrons. The van der Waals surface area contributed by atoms with Crippen LogP contribution in [0.15, 0.2) is 47.4 Å². The van der Waals surface area contributed by atoms with Gasteiger partial charge in [-0.1, -0.05) is 36.1 Å². The number of aryl methyl sites for hydroxylation is 2. The second-order valence-electron chi connectivity index (χ2n) is 4.65. The van der Waals surface area contributed by atoms with Gasteiger partial charge >= 0.3 is 0 Å². The minimum Gasteiger partial charge on any atom is -0.384 e. The summed E-state index contributed by atoms with van der Waals surface area (Å²) in [6, 6.07) is 14.6. The SMILES string of the molecule is Cc1ccc(SCc2ccccc2C#CCO)cc1C. The molecular formula is C18H18OS. The van der Waals surface area contributed by atoms with Crippen molar-refractivity contribution in [2.45, 2.75) is 24.5 Å². The second-order valence-corrected chi connectivity index (χ2v) is 5.70. The van der Waals surface area contributed by atoms with Crippen LogP contribution in [-0.2, 0) is 5.75 Å². The van der Waals surface area contributed by atoms with E-state index in [-0.39, 0.29) is 6.61 Å². The van der Waals surface area contributed by atoms with Crippen molar-refractivity contribution in [3.8, 4) is 11.8 Å². The van der Waals surface area contributed by atoms with Crippen molar-refractivity contribution in [3.05, 3.63) is 64.7 Å². The lowest BCUT2D eigenvalue weighted by Crippen LogP contribution is -1.88. The number of thioether (sulfide) groups is 1. The van der Waals surface area contributed by atoms with Gasteiger partial charge < -0.3 is 5.11 Å². The highest BCUT2D eigenvalue weighted by atomic mass is 32.2. The van der Waals surface area contributed by atoms with Gasteiger partial charge in [-0.3, -0.25) is 0 Å². The molecule has 0 amide bonds. The highest BCUT2D eigenvalue weighted by Crippen LogP contribution is 2.26. The second kappa shape index (κ2) is 7.19. The largest absolute Gasteiger partial charge is 0.384 e. The summed E-state index contributed by atoms with van der Waals surface area (Å²) in [5.74, 6) is 6.61. The molecule has 20 heavy (non-hydrogen) atoms. The van der Waals surface area contributed by atoms with Gasteiger partial charge in [-0.2, -0.15) is 0 Å². The predicted molar refractivity (Wildman–Crippen MR) is 85.9 cm³/mol. The third-order valence-corrected chi connectivity index (χ3v) is 4.23. The van der Waals surface area contributed by atoms with Crippen LogP contribution in [0, 0.1) is 25.7 Å². The molecule has 102 valence electrons. The molecule has 0 aliphatic carbocycles. The van der Waals surface area contributed by atoms with Crippen molar-refractivity contribution in [1.82, 2.24) is 0 Å². The molecule has 0 heterocycles. The Morgan fingerprint density at radius 2 is 1.85 bits per heavy atom. The molecule has 2 heteroatoms. The molecule has 2 aromatic rings. The first-order chi connectivity index (χ1) is 9.70.